The maximum Gasteiger partial charge on any atom is 1.00 e. The second kappa shape index (κ2) is 17.0. The number of hydrogen-bond acceptors (Lipinski definition) is 17. The molecule has 0 saturated carbocycles. The summed E-state index contributed by atoms with van der Waals surface area (Å²) < 4.78 is 103. The fraction of sp³-hybridized carbons (Fsp3) is 0.167. The van der Waals surface area contributed by atoms with Crippen LogP contribution in [0.15, 0.2) is 67.3 Å². The van der Waals surface area contributed by atoms with Crippen LogP contribution in [0.2, 0.25) is 5.28 Å². The maximum atomic E-state index is 13.0. The molecule has 4 N–H and O–H groups in total. The van der Waals surface area contributed by atoms with Crippen LogP contribution in [0.1, 0.15) is 18.1 Å². The summed E-state index contributed by atoms with van der Waals surface area (Å²) in [5, 5.41) is 23.1. The van der Waals surface area contributed by atoms with Crippen molar-refractivity contribution in [3.05, 3.63) is 69.2 Å². The van der Waals surface area contributed by atoms with Crippen LogP contribution >= 0.6 is 11.6 Å². The van der Waals surface area contributed by atoms with Gasteiger partial charge in [0.2, 0.25) is 17.2 Å². The van der Waals surface area contributed by atoms with E-state index in [9.17, 15) is 48.8 Å². The summed E-state index contributed by atoms with van der Waals surface area (Å²) in [5.74, 6) is -2.16. The largest absolute Gasteiger partial charge is 1.00 e. The number of nitrogens with zero attached hydrogens (tertiary/aromatic N) is 6. The van der Waals surface area contributed by atoms with E-state index < -0.39 is 68.7 Å². The van der Waals surface area contributed by atoms with Crippen molar-refractivity contribution in [1.82, 2.24) is 19.5 Å². The van der Waals surface area contributed by atoms with Crippen molar-refractivity contribution >= 4 is 76.6 Å². The van der Waals surface area contributed by atoms with E-state index in [1.807, 2.05) is 0 Å². The normalized spacial score (nSPS) is 11.9. The molecule has 4 aromatic rings. The molecule has 19 nitrogen and oxygen atoms in total. The first-order valence-corrected chi connectivity index (χ1v) is 17.5. The van der Waals surface area contributed by atoms with E-state index in [1.54, 1.807) is 0 Å². The number of nitrogens with one attached hydrogen (secondary N) is 2. The monoisotopic (exact) mass is 790 g/mol. The molecule has 0 amide bonds. The van der Waals surface area contributed by atoms with Gasteiger partial charge in [-0.25, -0.2) is 16.8 Å². The standard InChI is InChI=1S/C24H23ClN8O11S3.K.Na/c1-3-33-20(34)16(11-45(36,37)38)12(2)19(21(33)35)32-31-17-10-14(6-9-18(17)47(42,43)44)27-24-29-22(25)28-23(30-24)26-13-4-7-15(8-5-13)46(39,40)41;;/h4-10,34H,3,11H2,1-2H3,(H,36,37,38)(H,39,40,41)(H,42,43,44)(H2,26,27,28,29,30);;/q;2*+1/p-2. The topological polar surface area (TPSA) is 298 Å². The smallest absolute Gasteiger partial charge is 0.744 e. The molecule has 0 aliphatic rings. The fourth-order valence-corrected chi connectivity index (χ4v) is 5.97. The molecule has 0 fully saturated rings. The molecule has 2 heterocycles. The third-order valence-corrected chi connectivity index (χ3v) is 8.73. The Balaban J connectivity index is 0.00000417. The Hall–Kier alpha value is -1.94. The molecule has 0 unspecified atom stereocenters. The molecule has 0 atom stereocenters. The van der Waals surface area contributed by atoms with Gasteiger partial charge in [0.25, 0.3) is 15.7 Å². The molecule has 25 heteroatoms. The van der Waals surface area contributed by atoms with Gasteiger partial charge >= 0.3 is 80.9 Å². The molecule has 0 aliphatic carbocycles. The number of rotatable bonds is 11. The Bertz CT molecular complexity index is 2310. The van der Waals surface area contributed by atoms with Gasteiger partial charge in [-0.1, -0.05) is 0 Å². The van der Waals surface area contributed by atoms with E-state index in [-0.39, 0.29) is 127 Å². The van der Waals surface area contributed by atoms with E-state index in [0.29, 0.717) is 0 Å². The van der Waals surface area contributed by atoms with Crippen LogP contribution in [0.25, 0.3) is 0 Å². The number of hydrogen-bond donors (Lipinski definition) is 4. The van der Waals surface area contributed by atoms with E-state index in [2.05, 4.69) is 35.8 Å². The zero-order chi connectivity index (χ0) is 34.9. The first-order chi connectivity index (χ1) is 21.8. The average molecular weight is 791 g/mol. The third-order valence-electron chi connectivity index (χ3n) is 6.17. The van der Waals surface area contributed by atoms with Gasteiger partial charge in [-0.3, -0.25) is 13.9 Å². The number of aromatic hydroxyl groups is 1. The average Bonchev–Trinajstić information content (AvgIpc) is 2.94. The molecular formula is C24H21ClKN8NaO11S3. The van der Waals surface area contributed by atoms with Gasteiger partial charge in [-0.05, 0) is 73.5 Å². The van der Waals surface area contributed by atoms with Crippen LogP contribution in [0.5, 0.6) is 5.88 Å². The predicted octanol–water partition coefficient (Wildman–Crippen LogP) is -3.17. The van der Waals surface area contributed by atoms with Crippen LogP contribution in [0.3, 0.4) is 0 Å². The Labute approximate surface area is 348 Å². The molecule has 0 radical (unpaired) electrons. The van der Waals surface area contributed by atoms with E-state index in [4.69, 9.17) is 11.6 Å². The molecule has 0 bridgehead atoms. The van der Waals surface area contributed by atoms with Crippen LogP contribution in [-0.2, 0) is 42.7 Å². The van der Waals surface area contributed by atoms with Crippen molar-refractivity contribution in [2.45, 2.75) is 35.9 Å². The maximum absolute atomic E-state index is 13.0. The molecule has 0 aliphatic heterocycles. The Morgan fingerprint density at radius 1 is 0.898 bits per heavy atom. The second-order valence-electron chi connectivity index (χ2n) is 9.37. The number of aromatic nitrogens is 4. The minimum atomic E-state index is -5.16. The zero-order valence-electron chi connectivity index (χ0n) is 25.8. The summed E-state index contributed by atoms with van der Waals surface area (Å²) in [6.07, 6.45) is 0. The van der Waals surface area contributed by atoms with Crippen molar-refractivity contribution in [1.29, 1.82) is 0 Å². The van der Waals surface area contributed by atoms with Gasteiger partial charge in [0.1, 0.15) is 31.7 Å². The number of azo groups is 1. The fourth-order valence-electron chi connectivity index (χ4n) is 4.04. The van der Waals surface area contributed by atoms with Gasteiger partial charge in [0, 0.05) is 23.5 Å². The molecule has 2 aromatic carbocycles. The Morgan fingerprint density at radius 3 is 1.96 bits per heavy atom. The second-order valence-corrected chi connectivity index (χ2v) is 13.9. The van der Waals surface area contributed by atoms with Gasteiger partial charge in [0.15, 0.2) is 11.6 Å². The first kappa shape index (κ1) is 43.2. The first-order valence-electron chi connectivity index (χ1n) is 12.7. The number of pyridine rings is 1. The van der Waals surface area contributed by atoms with Gasteiger partial charge in [-0.2, -0.15) is 23.4 Å². The van der Waals surface area contributed by atoms with Gasteiger partial charge in [0.05, 0.1) is 9.79 Å². The van der Waals surface area contributed by atoms with Crippen LogP contribution in [0, 0.1) is 6.92 Å². The Morgan fingerprint density at radius 2 is 1.45 bits per heavy atom. The van der Waals surface area contributed by atoms with Crippen LogP contribution in [-0.4, -0.2) is 63.5 Å². The molecule has 2 aromatic heterocycles. The number of anilines is 4. The SMILES string of the molecule is CCn1c(O)c(CS(=O)(=O)O)c(C)c(N=Nc2cc(Nc3nc(Cl)nc(Nc4ccc(S(=O)(=O)[O-])cc4)n3)ccc2S(=O)(=O)[O-])c1=O.[K+].[Na+]. The summed E-state index contributed by atoms with van der Waals surface area (Å²) >= 11 is 6.00. The summed E-state index contributed by atoms with van der Waals surface area (Å²) in [6.45, 7) is 2.52. The quantitative estimate of drug-likeness (QED) is 0.0662. The van der Waals surface area contributed by atoms with E-state index >= 15 is 0 Å². The van der Waals surface area contributed by atoms with Crippen molar-refractivity contribution in [3.8, 4) is 5.88 Å². The summed E-state index contributed by atoms with van der Waals surface area (Å²) in [7, 11) is -14.5. The summed E-state index contributed by atoms with van der Waals surface area (Å²) in [5.41, 5.74) is -2.27. The van der Waals surface area contributed by atoms with E-state index in [1.165, 1.54) is 26.0 Å². The molecule has 0 spiro atoms. The molecule has 49 heavy (non-hydrogen) atoms. The Kier molecular flexibility index (Phi) is 15.0. The molecular weight excluding hydrogens is 770 g/mol. The van der Waals surface area contributed by atoms with Crippen molar-refractivity contribution in [3.63, 3.8) is 0 Å². The minimum Gasteiger partial charge on any atom is -0.744 e. The van der Waals surface area contributed by atoms with Gasteiger partial charge in [-0.15, -0.1) is 10.2 Å². The predicted molar refractivity (Wildman–Crippen MR) is 162 cm³/mol. The molecule has 4 rings (SSSR count). The van der Waals surface area contributed by atoms with Gasteiger partial charge < -0.3 is 24.8 Å². The zero-order valence-corrected chi connectivity index (χ0v) is 34.1. The van der Waals surface area contributed by atoms with Crippen molar-refractivity contribution in [2.24, 2.45) is 10.2 Å². The molecule has 0 saturated heterocycles. The minimum absolute atomic E-state index is 0. The van der Waals surface area contributed by atoms with Crippen molar-refractivity contribution < 1.29 is 125 Å². The number of halogens is 1. The van der Waals surface area contributed by atoms with Crippen LogP contribution < -0.4 is 97.1 Å². The number of benzene rings is 2. The van der Waals surface area contributed by atoms with Crippen molar-refractivity contribution in [2.75, 3.05) is 10.6 Å². The molecule has 250 valence electrons. The third kappa shape index (κ3) is 11.3. The van der Waals surface area contributed by atoms with Crippen LogP contribution in [0.4, 0.5) is 34.6 Å². The summed E-state index contributed by atoms with van der Waals surface area (Å²) in [4.78, 5) is 23.6. The van der Waals surface area contributed by atoms with E-state index in [0.717, 1.165) is 34.9 Å². The summed E-state index contributed by atoms with van der Waals surface area (Å²) in [6, 6.07) is 7.72.